The van der Waals surface area contributed by atoms with Gasteiger partial charge in [0, 0.05) is 37.2 Å². The summed E-state index contributed by atoms with van der Waals surface area (Å²) in [6.45, 7) is 3.65. The molecule has 7 nitrogen and oxygen atoms in total. The zero-order valence-electron chi connectivity index (χ0n) is 17.0. The van der Waals surface area contributed by atoms with E-state index in [0.29, 0.717) is 17.4 Å². The number of amides is 1. The molecule has 7 heteroatoms. The highest BCUT2D eigenvalue weighted by molar-refractivity contribution is 5.94. The maximum absolute atomic E-state index is 12.4. The molecule has 1 aromatic heterocycles. The second kappa shape index (κ2) is 9.05. The fourth-order valence-electron chi connectivity index (χ4n) is 2.60. The van der Waals surface area contributed by atoms with E-state index in [1.165, 1.54) is 0 Å². The Labute approximate surface area is 170 Å². The smallest absolute Gasteiger partial charge is 0.265 e. The fraction of sp³-hybridized carbons (Fsp3) is 0.227. The highest BCUT2D eigenvalue weighted by atomic mass is 16.5. The van der Waals surface area contributed by atoms with Gasteiger partial charge in [0.15, 0.2) is 6.10 Å². The van der Waals surface area contributed by atoms with Crippen molar-refractivity contribution in [3.8, 4) is 5.75 Å². The van der Waals surface area contributed by atoms with Crippen LogP contribution in [-0.4, -0.2) is 36.1 Å². The lowest BCUT2D eigenvalue weighted by Crippen LogP contribution is -2.30. The summed E-state index contributed by atoms with van der Waals surface area (Å²) in [5.41, 5.74) is 2.39. The monoisotopic (exact) mass is 391 g/mol. The Morgan fingerprint density at radius 2 is 1.66 bits per heavy atom. The summed E-state index contributed by atoms with van der Waals surface area (Å²) in [6.07, 6.45) is -0.611. The van der Waals surface area contributed by atoms with Crippen molar-refractivity contribution >= 4 is 29.0 Å². The third-order valence-electron chi connectivity index (χ3n) is 4.13. The molecular formula is C22H25N5O2. The van der Waals surface area contributed by atoms with Crippen molar-refractivity contribution in [2.75, 3.05) is 29.6 Å². The molecule has 0 aliphatic rings. The molecule has 0 aliphatic heterocycles. The summed E-state index contributed by atoms with van der Waals surface area (Å²) >= 11 is 0. The van der Waals surface area contributed by atoms with Gasteiger partial charge in [0.2, 0.25) is 5.95 Å². The number of anilines is 4. The van der Waals surface area contributed by atoms with Crippen LogP contribution in [0.3, 0.4) is 0 Å². The zero-order chi connectivity index (χ0) is 20.8. The molecule has 1 heterocycles. The van der Waals surface area contributed by atoms with Gasteiger partial charge in [0.05, 0.1) is 0 Å². The van der Waals surface area contributed by atoms with Gasteiger partial charge in [-0.3, -0.25) is 4.79 Å². The molecule has 2 aromatic carbocycles. The van der Waals surface area contributed by atoms with Crippen LogP contribution in [0.15, 0.2) is 60.7 Å². The van der Waals surface area contributed by atoms with E-state index >= 15 is 0 Å². The second-order valence-corrected chi connectivity index (χ2v) is 6.85. The normalized spacial score (nSPS) is 11.4. The van der Waals surface area contributed by atoms with E-state index in [2.05, 4.69) is 20.6 Å². The van der Waals surface area contributed by atoms with Crippen molar-refractivity contribution in [1.29, 1.82) is 0 Å². The molecule has 0 saturated heterocycles. The van der Waals surface area contributed by atoms with Gasteiger partial charge in [0.1, 0.15) is 11.6 Å². The summed E-state index contributed by atoms with van der Waals surface area (Å²) in [5, 5.41) is 6.05. The molecule has 0 aliphatic carbocycles. The highest BCUT2D eigenvalue weighted by Crippen LogP contribution is 2.19. The minimum atomic E-state index is -0.611. The van der Waals surface area contributed by atoms with Gasteiger partial charge in [-0.05, 0) is 50.2 Å². The number of nitrogens with zero attached hydrogens (tertiary/aromatic N) is 3. The summed E-state index contributed by atoms with van der Waals surface area (Å²) in [6, 6.07) is 18.5. The first-order valence-electron chi connectivity index (χ1n) is 9.33. The van der Waals surface area contributed by atoms with Gasteiger partial charge >= 0.3 is 0 Å². The predicted octanol–water partition coefficient (Wildman–Crippen LogP) is 4.00. The van der Waals surface area contributed by atoms with Gasteiger partial charge in [-0.1, -0.05) is 18.2 Å². The maximum atomic E-state index is 12.4. The van der Waals surface area contributed by atoms with Crippen molar-refractivity contribution < 1.29 is 9.53 Å². The lowest BCUT2D eigenvalue weighted by atomic mass is 10.2. The number of ether oxygens (including phenoxy) is 1. The molecule has 150 valence electrons. The van der Waals surface area contributed by atoms with E-state index in [1.807, 2.05) is 86.6 Å². The summed E-state index contributed by atoms with van der Waals surface area (Å²) in [5.74, 6) is 1.80. The van der Waals surface area contributed by atoms with Crippen molar-refractivity contribution in [1.82, 2.24) is 9.97 Å². The fourth-order valence-corrected chi connectivity index (χ4v) is 2.60. The minimum Gasteiger partial charge on any atom is -0.481 e. The van der Waals surface area contributed by atoms with E-state index in [0.717, 1.165) is 17.2 Å². The maximum Gasteiger partial charge on any atom is 0.265 e. The van der Waals surface area contributed by atoms with E-state index < -0.39 is 6.10 Å². The number of carbonyl (C=O) groups excluding carboxylic acids is 1. The first-order chi connectivity index (χ1) is 13.9. The lowest BCUT2D eigenvalue weighted by molar-refractivity contribution is -0.122. The number of aryl methyl sites for hydroxylation is 1. The predicted molar refractivity (Wildman–Crippen MR) is 116 cm³/mol. The molecule has 1 atom stereocenters. The number of benzene rings is 2. The van der Waals surface area contributed by atoms with Crippen LogP contribution in [0, 0.1) is 6.92 Å². The van der Waals surface area contributed by atoms with Crippen molar-refractivity contribution in [2.24, 2.45) is 0 Å². The van der Waals surface area contributed by atoms with Gasteiger partial charge in [-0.25, -0.2) is 4.98 Å². The van der Waals surface area contributed by atoms with Gasteiger partial charge < -0.3 is 20.3 Å². The third kappa shape index (κ3) is 5.68. The number of rotatable bonds is 7. The van der Waals surface area contributed by atoms with Crippen LogP contribution >= 0.6 is 0 Å². The molecule has 0 radical (unpaired) electrons. The number of nitrogens with one attached hydrogen (secondary N) is 2. The Hall–Kier alpha value is -3.61. The first kappa shape index (κ1) is 20.1. The van der Waals surface area contributed by atoms with E-state index in [1.54, 1.807) is 6.92 Å². The van der Waals surface area contributed by atoms with E-state index in [-0.39, 0.29) is 5.91 Å². The quantitative estimate of drug-likeness (QED) is 0.634. The molecule has 3 aromatic rings. The van der Waals surface area contributed by atoms with E-state index in [9.17, 15) is 4.79 Å². The molecule has 3 rings (SSSR count). The Morgan fingerprint density at radius 3 is 2.31 bits per heavy atom. The SMILES string of the molecule is Cc1cc(N(C)C)nc(Nc2ccc(NC(=O)[C@H](C)Oc3ccccc3)cc2)n1. The Kier molecular flexibility index (Phi) is 6.29. The highest BCUT2D eigenvalue weighted by Gasteiger charge is 2.14. The average molecular weight is 391 g/mol. The van der Waals surface area contributed by atoms with Crippen LogP contribution in [0.4, 0.5) is 23.1 Å². The number of hydrogen-bond donors (Lipinski definition) is 2. The molecule has 0 fully saturated rings. The number of aromatic nitrogens is 2. The van der Waals surface area contributed by atoms with Crippen LogP contribution < -0.4 is 20.3 Å². The number of carbonyl (C=O) groups is 1. The molecule has 0 spiro atoms. The first-order valence-corrected chi connectivity index (χ1v) is 9.33. The Bertz CT molecular complexity index is 959. The van der Waals surface area contributed by atoms with Crippen LogP contribution in [0.2, 0.25) is 0 Å². The topological polar surface area (TPSA) is 79.4 Å². The minimum absolute atomic E-state index is 0.216. The molecule has 0 saturated carbocycles. The standard InChI is InChI=1S/C22H25N5O2/c1-15-14-20(27(3)4)26-22(23-15)25-18-12-10-17(11-13-18)24-21(28)16(2)29-19-8-6-5-7-9-19/h5-14,16H,1-4H3,(H,24,28)(H,23,25,26)/t16-/m0/s1. The van der Waals surface area contributed by atoms with Crippen molar-refractivity contribution in [3.63, 3.8) is 0 Å². The second-order valence-electron chi connectivity index (χ2n) is 6.85. The summed E-state index contributed by atoms with van der Waals surface area (Å²) in [4.78, 5) is 23.2. The largest absolute Gasteiger partial charge is 0.481 e. The van der Waals surface area contributed by atoms with Gasteiger partial charge in [-0.15, -0.1) is 0 Å². The molecule has 0 unspecified atom stereocenters. The number of hydrogen-bond acceptors (Lipinski definition) is 6. The molecule has 1 amide bonds. The van der Waals surface area contributed by atoms with Crippen molar-refractivity contribution in [3.05, 3.63) is 66.4 Å². The van der Waals surface area contributed by atoms with Crippen molar-refractivity contribution in [2.45, 2.75) is 20.0 Å². The molecule has 0 bridgehead atoms. The van der Waals surface area contributed by atoms with Crippen LogP contribution in [-0.2, 0) is 4.79 Å². The van der Waals surface area contributed by atoms with Gasteiger partial charge in [0.25, 0.3) is 5.91 Å². The molecule has 29 heavy (non-hydrogen) atoms. The van der Waals surface area contributed by atoms with Gasteiger partial charge in [-0.2, -0.15) is 4.98 Å². The van der Waals surface area contributed by atoms with E-state index in [4.69, 9.17) is 4.74 Å². The molecular weight excluding hydrogens is 366 g/mol. The van der Waals surface area contributed by atoms with Crippen LogP contribution in [0.5, 0.6) is 5.75 Å². The summed E-state index contributed by atoms with van der Waals surface area (Å²) < 4.78 is 5.65. The average Bonchev–Trinajstić information content (AvgIpc) is 2.69. The summed E-state index contributed by atoms with van der Waals surface area (Å²) in [7, 11) is 3.87. The number of para-hydroxylation sites is 1. The van der Waals surface area contributed by atoms with Crippen LogP contribution in [0.25, 0.3) is 0 Å². The van der Waals surface area contributed by atoms with Crippen LogP contribution in [0.1, 0.15) is 12.6 Å². The lowest BCUT2D eigenvalue weighted by Gasteiger charge is -2.15. The molecule has 2 N–H and O–H groups in total. The Morgan fingerprint density at radius 1 is 1.00 bits per heavy atom. The Balaban J connectivity index is 1.61. The third-order valence-corrected chi connectivity index (χ3v) is 4.13. The zero-order valence-corrected chi connectivity index (χ0v) is 17.0.